The van der Waals surface area contributed by atoms with E-state index in [1.54, 1.807) is 0 Å². The molecule has 100 valence electrons. The summed E-state index contributed by atoms with van der Waals surface area (Å²) < 4.78 is 1.15. The van der Waals surface area contributed by atoms with Crippen LogP contribution in [0.4, 0.5) is 0 Å². The van der Waals surface area contributed by atoms with Crippen molar-refractivity contribution in [3.63, 3.8) is 0 Å². The quantitative estimate of drug-likeness (QED) is 0.876. The van der Waals surface area contributed by atoms with Gasteiger partial charge in [-0.15, -0.1) is 0 Å². The molecular formula is C17H20BrN. The molecule has 0 aliphatic carbocycles. The largest absolute Gasteiger partial charge is 0.327 e. The number of benzene rings is 2. The van der Waals surface area contributed by atoms with Gasteiger partial charge in [0.15, 0.2) is 0 Å². The van der Waals surface area contributed by atoms with Gasteiger partial charge in [0.05, 0.1) is 0 Å². The Kier molecular flexibility index (Phi) is 5.17. The van der Waals surface area contributed by atoms with Gasteiger partial charge >= 0.3 is 0 Å². The maximum atomic E-state index is 6.24. The first kappa shape index (κ1) is 14.3. The Hall–Kier alpha value is -1.12. The van der Waals surface area contributed by atoms with Gasteiger partial charge in [-0.05, 0) is 43.4 Å². The van der Waals surface area contributed by atoms with Crippen LogP contribution in [0.15, 0.2) is 53.0 Å². The molecular weight excluding hydrogens is 298 g/mol. The van der Waals surface area contributed by atoms with Crippen LogP contribution in [-0.4, -0.2) is 6.04 Å². The van der Waals surface area contributed by atoms with Crippen LogP contribution in [0, 0.1) is 6.92 Å². The molecule has 2 aromatic rings. The molecule has 0 spiro atoms. The average molecular weight is 318 g/mol. The highest BCUT2D eigenvalue weighted by molar-refractivity contribution is 9.10. The summed E-state index contributed by atoms with van der Waals surface area (Å²) in [7, 11) is 0. The number of halogens is 1. The third-order valence-corrected chi connectivity index (χ3v) is 4.10. The van der Waals surface area contributed by atoms with E-state index in [2.05, 4.69) is 65.3 Å². The third-order valence-electron chi connectivity index (χ3n) is 3.33. The van der Waals surface area contributed by atoms with Gasteiger partial charge in [0, 0.05) is 10.5 Å². The summed E-state index contributed by atoms with van der Waals surface area (Å²) in [6.07, 6.45) is 2.99. The monoisotopic (exact) mass is 317 g/mol. The van der Waals surface area contributed by atoms with Gasteiger partial charge in [-0.25, -0.2) is 0 Å². The topological polar surface area (TPSA) is 26.0 Å². The molecule has 1 atom stereocenters. The Balaban J connectivity index is 1.88. The molecule has 2 aromatic carbocycles. The Morgan fingerprint density at radius 2 is 1.89 bits per heavy atom. The van der Waals surface area contributed by atoms with Crippen molar-refractivity contribution in [3.05, 3.63) is 69.7 Å². The number of hydrogen-bond acceptors (Lipinski definition) is 1. The first-order chi connectivity index (χ1) is 9.15. The Labute approximate surface area is 124 Å². The van der Waals surface area contributed by atoms with Crippen LogP contribution in [0.5, 0.6) is 0 Å². The minimum absolute atomic E-state index is 0.208. The molecule has 0 saturated carbocycles. The van der Waals surface area contributed by atoms with E-state index in [4.69, 9.17) is 5.73 Å². The van der Waals surface area contributed by atoms with Crippen LogP contribution in [-0.2, 0) is 12.8 Å². The second kappa shape index (κ2) is 6.88. The fraction of sp³-hybridized carbons (Fsp3) is 0.294. The van der Waals surface area contributed by atoms with Crippen molar-refractivity contribution in [2.45, 2.75) is 32.2 Å². The zero-order chi connectivity index (χ0) is 13.7. The summed E-state index contributed by atoms with van der Waals surface area (Å²) in [5.41, 5.74) is 10.2. The molecule has 0 aromatic heterocycles. The SMILES string of the molecule is Cc1cccc(CCC(N)Cc2ccccc2Br)c1. The van der Waals surface area contributed by atoms with Gasteiger partial charge in [0.25, 0.3) is 0 Å². The summed E-state index contributed by atoms with van der Waals surface area (Å²) >= 11 is 3.57. The molecule has 0 aliphatic heterocycles. The molecule has 1 nitrogen and oxygen atoms in total. The third kappa shape index (κ3) is 4.48. The highest BCUT2D eigenvalue weighted by atomic mass is 79.9. The Bertz CT molecular complexity index is 536. The summed E-state index contributed by atoms with van der Waals surface area (Å²) in [6, 6.07) is 17.2. The number of aryl methyl sites for hydroxylation is 2. The maximum absolute atomic E-state index is 6.24. The zero-order valence-corrected chi connectivity index (χ0v) is 12.9. The second-order valence-corrected chi connectivity index (χ2v) is 5.94. The minimum Gasteiger partial charge on any atom is -0.327 e. The minimum atomic E-state index is 0.208. The van der Waals surface area contributed by atoms with Crippen molar-refractivity contribution in [3.8, 4) is 0 Å². The van der Waals surface area contributed by atoms with Crippen LogP contribution in [0.1, 0.15) is 23.1 Å². The number of nitrogens with two attached hydrogens (primary N) is 1. The molecule has 1 unspecified atom stereocenters. The molecule has 2 heteroatoms. The Morgan fingerprint density at radius 1 is 1.11 bits per heavy atom. The van der Waals surface area contributed by atoms with E-state index < -0.39 is 0 Å². The number of hydrogen-bond donors (Lipinski definition) is 1. The highest BCUT2D eigenvalue weighted by Gasteiger charge is 2.07. The molecule has 2 rings (SSSR count). The highest BCUT2D eigenvalue weighted by Crippen LogP contribution is 2.18. The van der Waals surface area contributed by atoms with Crippen molar-refractivity contribution in [1.82, 2.24) is 0 Å². The van der Waals surface area contributed by atoms with Crippen LogP contribution in [0.25, 0.3) is 0 Å². The van der Waals surface area contributed by atoms with Gasteiger partial charge < -0.3 is 5.73 Å². The van der Waals surface area contributed by atoms with E-state index >= 15 is 0 Å². The van der Waals surface area contributed by atoms with Gasteiger partial charge in [0.1, 0.15) is 0 Å². The molecule has 19 heavy (non-hydrogen) atoms. The van der Waals surface area contributed by atoms with E-state index in [9.17, 15) is 0 Å². The number of rotatable bonds is 5. The lowest BCUT2D eigenvalue weighted by molar-refractivity contribution is 0.609. The molecule has 0 aliphatic rings. The standard InChI is InChI=1S/C17H20BrN/c1-13-5-4-6-14(11-13)9-10-16(19)12-15-7-2-3-8-17(15)18/h2-8,11,16H,9-10,12,19H2,1H3. The lowest BCUT2D eigenvalue weighted by Gasteiger charge is -2.13. The molecule has 0 radical (unpaired) electrons. The van der Waals surface area contributed by atoms with Gasteiger partial charge in [-0.3, -0.25) is 0 Å². The van der Waals surface area contributed by atoms with E-state index in [0.29, 0.717) is 0 Å². The fourth-order valence-corrected chi connectivity index (χ4v) is 2.71. The predicted molar refractivity (Wildman–Crippen MR) is 85.3 cm³/mol. The van der Waals surface area contributed by atoms with Crippen LogP contribution >= 0.6 is 15.9 Å². The van der Waals surface area contributed by atoms with Gasteiger partial charge in [-0.1, -0.05) is 64.0 Å². The van der Waals surface area contributed by atoms with E-state index in [1.807, 2.05) is 6.07 Å². The van der Waals surface area contributed by atoms with Crippen molar-refractivity contribution < 1.29 is 0 Å². The maximum Gasteiger partial charge on any atom is 0.0207 e. The Morgan fingerprint density at radius 3 is 2.63 bits per heavy atom. The first-order valence-corrected chi connectivity index (χ1v) is 7.49. The lowest BCUT2D eigenvalue weighted by atomic mass is 9.99. The average Bonchev–Trinajstić information content (AvgIpc) is 2.39. The predicted octanol–water partition coefficient (Wildman–Crippen LogP) is 4.26. The van der Waals surface area contributed by atoms with E-state index in [-0.39, 0.29) is 6.04 Å². The van der Waals surface area contributed by atoms with Gasteiger partial charge in [0.2, 0.25) is 0 Å². The van der Waals surface area contributed by atoms with Crippen LogP contribution in [0.3, 0.4) is 0 Å². The summed E-state index contributed by atoms with van der Waals surface area (Å²) in [6.45, 7) is 2.13. The lowest BCUT2D eigenvalue weighted by Crippen LogP contribution is -2.23. The summed E-state index contributed by atoms with van der Waals surface area (Å²) in [5.74, 6) is 0. The zero-order valence-electron chi connectivity index (χ0n) is 11.3. The van der Waals surface area contributed by atoms with Crippen molar-refractivity contribution in [2.24, 2.45) is 5.73 Å². The molecule has 0 heterocycles. The second-order valence-electron chi connectivity index (χ2n) is 5.08. The summed E-state index contributed by atoms with van der Waals surface area (Å²) in [5, 5.41) is 0. The van der Waals surface area contributed by atoms with Crippen molar-refractivity contribution >= 4 is 15.9 Å². The molecule has 0 bridgehead atoms. The molecule has 2 N–H and O–H groups in total. The normalized spacial score (nSPS) is 12.4. The first-order valence-electron chi connectivity index (χ1n) is 6.69. The van der Waals surface area contributed by atoms with Gasteiger partial charge in [-0.2, -0.15) is 0 Å². The van der Waals surface area contributed by atoms with Crippen molar-refractivity contribution in [1.29, 1.82) is 0 Å². The fourth-order valence-electron chi connectivity index (χ4n) is 2.27. The van der Waals surface area contributed by atoms with Crippen LogP contribution in [0.2, 0.25) is 0 Å². The molecule has 0 fully saturated rings. The van der Waals surface area contributed by atoms with Crippen LogP contribution < -0.4 is 5.73 Å². The summed E-state index contributed by atoms with van der Waals surface area (Å²) in [4.78, 5) is 0. The van der Waals surface area contributed by atoms with E-state index in [1.165, 1.54) is 16.7 Å². The van der Waals surface area contributed by atoms with Crippen molar-refractivity contribution in [2.75, 3.05) is 0 Å². The molecule has 0 amide bonds. The smallest absolute Gasteiger partial charge is 0.0207 e. The molecule has 0 saturated heterocycles. The van der Waals surface area contributed by atoms with E-state index in [0.717, 1.165) is 23.7 Å².